The first-order chi connectivity index (χ1) is 16.8. The Morgan fingerprint density at radius 2 is 1.82 bits per heavy atom. The van der Waals surface area contributed by atoms with Gasteiger partial charge in [0.25, 0.3) is 0 Å². The molecule has 1 aliphatic rings. The predicted molar refractivity (Wildman–Crippen MR) is 134 cm³/mol. The summed E-state index contributed by atoms with van der Waals surface area (Å²) in [5, 5.41) is 17.0. The van der Waals surface area contributed by atoms with Crippen molar-refractivity contribution in [1.82, 2.24) is 19.9 Å². The monoisotopic (exact) mass is 446 g/mol. The Morgan fingerprint density at radius 1 is 0.912 bits per heavy atom. The number of fused-ring (bicyclic) bond motifs is 2. The van der Waals surface area contributed by atoms with Crippen LogP contribution in [0.25, 0.3) is 33.3 Å². The predicted octanol–water partition coefficient (Wildman–Crippen LogP) is 4.96. The minimum Gasteiger partial charge on any atom is -0.392 e. The summed E-state index contributed by atoms with van der Waals surface area (Å²) in [6.07, 6.45) is 6.43. The SMILES string of the molecule is OCc1cccc(Nc2nc(-c3ccncc3)c3cc(-c4cnc5c(c4)CCN5)ccc3n2)c1. The lowest BCUT2D eigenvalue weighted by molar-refractivity contribution is 0.282. The second-order valence-corrected chi connectivity index (χ2v) is 8.26. The van der Waals surface area contributed by atoms with Gasteiger partial charge in [-0.1, -0.05) is 18.2 Å². The Bertz CT molecular complexity index is 1500. The van der Waals surface area contributed by atoms with Crippen molar-refractivity contribution in [3.63, 3.8) is 0 Å². The zero-order chi connectivity index (χ0) is 22.9. The lowest BCUT2D eigenvalue weighted by Crippen LogP contribution is -2.01. The molecule has 0 spiro atoms. The summed E-state index contributed by atoms with van der Waals surface area (Å²) in [6.45, 7) is 0.910. The van der Waals surface area contributed by atoms with Gasteiger partial charge in [-0.3, -0.25) is 4.98 Å². The Morgan fingerprint density at radius 3 is 2.71 bits per heavy atom. The zero-order valence-electron chi connectivity index (χ0n) is 18.4. The maximum Gasteiger partial charge on any atom is 0.228 e. The molecule has 0 atom stereocenters. The van der Waals surface area contributed by atoms with Crippen LogP contribution in [0.4, 0.5) is 17.5 Å². The van der Waals surface area contributed by atoms with Crippen molar-refractivity contribution in [3.8, 4) is 22.4 Å². The third-order valence-corrected chi connectivity index (χ3v) is 6.00. The summed E-state index contributed by atoms with van der Waals surface area (Å²) in [5.41, 5.74) is 7.66. The van der Waals surface area contributed by atoms with Gasteiger partial charge in [0.2, 0.25) is 5.95 Å². The largest absolute Gasteiger partial charge is 0.392 e. The van der Waals surface area contributed by atoms with E-state index in [4.69, 9.17) is 9.97 Å². The van der Waals surface area contributed by atoms with E-state index in [0.717, 1.165) is 63.3 Å². The van der Waals surface area contributed by atoms with Crippen molar-refractivity contribution in [2.24, 2.45) is 0 Å². The number of aliphatic hydroxyl groups is 1. The Hall–Kier alpha value is -4.36. The van der Waals surface area contributed by atoms with Crippen molar-refractivity contribution in [1.29, 1.82) is 0 Å². The normalized spacial score (nSPS) is 12.4. The minimum absolute atomic E-state index is 0.0211. The Labute approximate surface area is 196 Å². The van der Waals surface area contributed by atoms with Gasteiger partial charge < -0.3 is 15.7 Å². The van der Waals surface area contributed by atoms with Gasteiger partial charge in [0.15, 0.2) is 0 Å². The number of aromatic nitrogens is 4. The molecule has 34 heavy (non-hydrogen) atoms. The first kappa shape index (κ1) is 20.3. The van der Waals surface area contributed by atoms with Crippen LogP contribution in [-0.2, 0) is 13.0 Å². The van der Waals surface area contributed by atoms with Crippen molar-refractivity contribution < 1.29 is 5.11 Å². The zero-order valence-corrected chi connectivity index (χ0v) is 18.4. The fourth-order valence-electron chi connectivity index (χ4n) is 4.30. The molecule has 0 amide bonds. The van der Waals surface area contributed by atoms with Crippen LogP contribution in [0.5, 0.6) is 0 Å². The van der Waals surface area contributed by atoms with E-state index in [1.165, 1.54) is 5.56 Å². The van der Waals surface area contributed by atoms with Gasteiger partial charge in [-0.2, -0.15) is 0 Å². The summed E-state index contributed by atoms with van der Waals surface area (Å²) in [5.74, 6) is 1.47. The molecule has 0 bridgehead atoms. The molecule has 7 nitrogen and oxygen atoms in total. The van der Waals surface area contributed by atoms with E-state index in [1.807, 2.05) is 48.7 Å². The van der Waals surface area contributed by atoms with Gasteiger partial charge in [-0.15, -0.1) is 0 Å². The minimum atomic E-state index is -0.0211. The highest BCUT2D eigenvalue weighted by atomic mass is 16.3. The van der Waals surface area contributed by atoms with Crippen LogP contribution in [-0.4, -0.2) is 31.6 Å². The van der Waals surface area contributed by atoms with Gasteiger partial charge in [-0.05, 0) is 65.6 Å². The lowest BCUT2D eigenvalue weighted by Gasteiger charge is -2.12. The summed E-state index contributed by atoms with van der Waals surface area (Å²) >= 11 is 0. The van der Waals surface area contributed by atoms with Crippen molar-refractivity contribution in [2.75, 3.05) is 17.2 Å². The molecule has 0 saturated heterocycles. The molecule has 0 radical (unpaired) electrons. The van der Waals surface area contributed by atoms with Gasteiger partial charge in [0, 0.05) is 47.3 Å². The third-order valence-electron chi connectivity index (χ3n) is 6.00. The van der Waals surface area contributed by atoms with Crippen LogP contribution in [0.1, 0.15) is 11.1 Å². The summed E-state index contributed by atoms with van der Waals surface area (Å²) in [4.78, 5) is 18.4. The average Bonchev–Trinajstić information content (AvgIpc) is 3.37. The highest BCUT2D eigenvalue weighted by Gasteiger charge is 2.15. The van der Waals surface area contributed by atoms with Crippen LogP contribution in [0.2, 0.25) is 0 Å². The maximum absolute atomic E-state index is 9.46. The molecule has 7 heteroatoms. The van der Waals surface area contributed by atoms with Crippen LogP contribution < -0.4 is 10.6 Å². The molecular formula is C27H22N6O. The summed E-state index contributed by atoms with van der Waals surface area (Å²) in [6, 6.07) is 19.9. The molecule has 2 aromatic carbocycles. The van der Waals surface area contributed by atoms with Gasteiger partial charge >= 0.3 is 0 Å². The van der Waals surface area contributed by atoms with Crippen LogP contribution >= 0.6 is 0 Å². The van der Waals surface area contributed by atoms with Crippen molar-refractivity contribution in [2.45, 2.75) is 13.0 Å². The standard InChI is InChI=1S/C27H22N6O/c34-16-17-2-1-3-22(12-17)31-27-32-24-5-4-19(21-13-20-8-11-29-26(20)30-15-21)14-23(24)25(33-27)18-6-9-28-10-7-18/h1-7,9-10,12-15,34H,8,11,16H2,(H,29,30)(H,31,32,33). The molecule has 5 aromatic rings. The molecule has 1 aliphatic heterocycles. The molecule has 4 heterocycles. The molecule has 3 N–H and O–H groups in total. The number of hydrogen-bond acceptors (Lipinski definition) is 7. The van der Waals surface area contributed by atoms with Crippen molar-refractivity contribution >= 4 is 28.4 Å². The van der Waals surface area contributed by atoms with E-state index in [2.05, 4.69) is 38.8 Å². The van der Waals surface area contributed by atoms with E-state index in [9.17, 15) is 5.11 Å². The molecular weight excluding hydrogens is 424 g/mol. The summed E-state index contributed by atoms with van der Waals surface area (Å²) in [7, 11) is 0. The van der Waals surface area contributed by atoms with Crippen molar-refractivity contribution in [3.05, 3.63) is 90.4 Å². The van der Waals surface area contributed by atoms with Gasteiger partial charge in [-0.25, -0.2) is 15.0 Å². The van der Waals surface area contributed by atoms with E-state index >= 15 is 0 Å². The number of aliphatic hydroxyl groups excluding tert-OH is 1. The van der Waals surface area contributed by atoms with E-state index in [1.54, 1.807) is 12.4 Å². The van der Waals surface area contributed by atoms with E-state index < -0.39 is 0 Å². The molecule has 0 fully saturated rings. The number of pyridine rings is 2. The first-order valence-electron chi connectivity index (χ1n) is 11.2. The van der Waals surface area contributed by atoms with Crippen LogP contribution in [0.15, 0.2) is 79.3 Å². The number of benzene rings is 2. The number of anilines is 3. The van der Waals surface area contributed by atoms with E-state index in [0.29, 0.717) is 5.95 Å². The molecule has 0 aliphatic carbocycles. The number of hydrogen-bond donors (Lipinski definition) is 3. The second-order valence-electron chi connectivity index (χ2n) is 8.26. The molecule has 0 unspecified atom stereocenters. The fraction of sp³-hybridized carbons (Fsp3) is 0.111. The highest BCUT2D eigenvalue weighted by Crippen LogP contribution is 2.33. The van der Waals surface area contributed by atoms with Crippen LogP contribution in [0.3, 0.4) is 0 Å². The topological polar surface area (TPSA) is 95.9 Å². The molecule has 0 saturated carbocycles. The average molecular weight is 447 g/mol. The third kappa shape index (κ3) is 3.82. The molecule has 6 rings (SSSR count). The second kappa shape index (κ2) is 8.53. The fourth-order valence-corrected chi connectivity index (χ4v) is 4.30. The maximum atomic E-state index is 9.46. The number of rotatable bonds is 5. The number of nitrogens with zero attached hydrogens (tertiary/aromatic N) is 4. The quantitative estimate of drug-likeness (QED) is 0.351. The number of nitrogens with one attached hydrogen (secondary N) is 2. The summed E-state index contributed by atoms with van der Waals surface area (Å²) < 4.78 is 0. The first-order valence-corrected chi connectivity index (χ1v) is 11.2. The Balaban J connectivity index is 1.47. The molecule has 166 valence electrons. The lowest BCUT2D eigenvalue weighted by atomic mass is 10.0. The highest BCUT2D eigenvalue weighted by molar-refractivity contribution is 5.96. The smallest absolute Gasteiger partial charge is 0.228 e. The van der Waals surface area contributed by atoms with Crippen LogP contribution in [0, 0.1) is 0 Å². The Kier molecular flexibility index (Phi) is 5.08. The van der Waals surface area contributed by atoms with E-state index in [-0.39, 0.29) is 6.61 Å². The molecule has 3 aromatic heterocycles. The van der Waals surface area contributed by atoms with Gasteiger partial charge in [0.1, 0.15) is 5.82 Å². The van der Waals surface area contributed by atoms with Gasteiger partial charge in [0.05, 0.1) is 17.8 Å².